The predicted molar refractivity (Wildman–Crippen MR) is 73.7 cm³/mol. The summed E-state index contributed by atoms with van der Waals surface area (Å²) in [5.41, 5.74) is 0.499. The number of ether oxygens (including phenoxy) is 2. The van der Waals surface area contributed by atoms with Crippen LogP contribution in [0.5, 0.6) is 11.5 Å². The maximum Gasteiger partial charge on any atom is 0.179 e. The van der Waals surface area contributed by atoms with Crippen LogP contribution < -0.4 is 9.47 Å². The van der Waals surface area contributed by atoms with Crippen molar-refractivity contribution in [1.29, 1.82) is 0 Å². The van der Waals surface area contributed by atoms with Gasteiger partial charge in [0.2, 0.25) is 0 Å². The molecule has 5 heteroatoms. The van der Waals surface area contributed by atoms with Crippen molar-refractivity contribution >= 4 is 23.2 Å². The Morgan fingerprint density at radius 1 is 1.25 bits per heavy atom. The zero-order valence-electron chi connectivity index (χ0n) is 11.0. The molecule has 1 aliphatic carbocycles. The van der Waals surface area contributed by atoms with Gasteiger partial charge in [-0.3, -0.25) is 9.59 Å². The second-order valence-electron chi connectivity index (χ2n) is 5.18. The van der Waals surface area contributed by atoms with Crippen LogP contribution in [-0.4, -0.2) is 24.8 Å². The molecule has 0 amide bonds. The van der Waals surface area contributed by atoms with Gasteiger partial charge in [0.25, 0.3) is 0 Å². The average molecular weight is 295 g/mol. The quantitative estimate of drug-likeness (QED) is 0.787. The van der Waals surface area contributed by atoms with Crippen molar-refractivity contribution in [1.82, 2.24) is 0 Å². The highest BCUT2D eigenvalue weighted by Crippen LogP contribution is 2.39. The van der Waals surface area contributed by atoms with E-state index < -0.39 is 0 Å². The van der Waals surface area contributed by atoms with Gasteiger partial charge in [0.05, 0.1) is 18.2 Å². The van der Waals surface area contributed by atoms with E-state index in [0.717, 1.165) is 6.42 Å². The minimum atomic E-state index is -0.219. The SMILES string of the molecule is O=C1CCC(C(=O)c2cc(Cl)c3c(c2)OCCCO3)C1. The smallest absolute Gasteiger partial charge is 0.179 e. The normalized spacial score (nSPS) is 21.6. The van der Waals surface area contributed by atoms with Gasteiger partial charge in [-0.15, -0.1) is 0 Å². The summed E-state index contributed by atoms with van der Waals surface area (Å²) in [6.07, 6.45) is 2.24. The maximum atomic E-state index is 12.4. The molecule has 2 aliphatic rings. The van der Waals surface area contributed by atoms with Crippen LogP contribution in [0.4, 0.5) is 0 Å². The minimum absolute atomic E-state index is 0.0339. The summed E-state index contributed by atoms with van der Waals surface area (Å²) in [5, 5.41) is 0.386. The lowest BCUT2D eigenvalue weighted by molar-refractivity contribution is -0.117. The molecule has 1 saturated carbocycles. The molecular weight excluding hydrogens is 280 g/mol. The topological polar surface area (TPSA) is 52.6 Å². The molecule has 0 bridgehead atoms. The fourth-order valence-electron chi connectivity index (χ4n) is 2.65. The molecule has 1 atom stereocenters. The van der Waals surface area contributed by atoms with Gasteiger partial charge in [-0.1, -0.05) is 11.6 Å². The van der Waals surface area contributed by atoms with E-state index in [9.17, 15) is 9.59 Å². The first-order chi connectivity index (χ1) is 9.65. The molecular formula is C15H15ClO4. The standard InChI is InChI=1S/C15H15ClO4/c16-12-7-10(14(18)9-2-3-11(17)6-9)8-13-15(12)20-5-1-4-19-13/h7-9H,1-6H2. The number of ketones is 2. The van der Waals surface area contributed by atoms with Crippen LogP contribution in [0.25, 0.3) is 0 Å². The van der Waals surface area contributed by atoms with Crippen molar-refractivity contribution in [3.8, 4) is 11.5 Å². The summed E-state index contributed by atoms with van der Waals surface area (Å²) < 4.78 is 11.1. The van der Waals surface area contributed by atoms with E-state index in [4.69, 9.17) is 21.1 Å². The average Bonchev–Trinajstić information content (AvgIpc) is 2.72. The van der Waals surface area contributed by atoms with Crippen molar-refractivity contribution in [2.45, 2.75) is 25.7 Å². The van der Waals surface area contributed by atoms with E-state index in [1.807, 2.05) is 0 Å². The minimum Gasteiger partial charge on any atom is -0.489 e. The molecule has 3 rings (SSSR count). The van der Waals surface area contributed by atoms with Crippen molar-refractivity contribution in [3.05, 3.63) is 22.7 Å². The Bertz CT molecular complexity index is 567. The molecule has 20 heavy (non-hydrogen) atoms. The summed E-state index contributed by atoms with van der Waals surface area (Å²) >= 11 is 6.18. The zero-order valence-corrected chi connectivity index (χ0v) is 11.7. The molecule has 1 aromatic carbocycles. The van der Waals surface area contributed by atoms with Crippen LogP contribution in [0.1, 0.15) is 36.0 Å². The number of hydrogen-bond acceptors (Lipinski definition) is 4. The Labute approximate surface area is 122 Å². The van der Waals surface area contributed by atoms with E-state index in [1.165, 1.54) is 0 Å². The van der Waals surface area contributed by atoms with Crippen LogP contribution in [-0.2, 0) is 4.79 Å². The molecule has 0 aromatic heterocycles. The van der Waals surface area contributed by atoms with Gasteiger partial charge in [0.15, 0.2) is 17.3 Å². The van der Waals surface area contributed by atoms with Crippen LogP contribution in [0.15, 0.2) is 12.1 Å². The van der Waals surface area contributed by atoms with Crippen LogP contribution in [0.3, 0.4) is 0 Å². The summed E-state index contributed by atoms with van der Waals surface area (Å²) in [6.45, 7) is 1.10. The van der Waals surface area contributed by atoms with Gasteiger partial charge >= 0.3 is 0 Å². The lowest BCUT2D eigenvalue weighted by Crippen LogP contribution is -2.12. The number of rotatable bonds is 2. The molecule has 1 fully saturated rings. The number of Topliss-reactive ketones (excluding diaryl/α,β-unsaturated/α-hetero) is 2. The van der Waals surface area contributed by atoms with Crippen LogP contribution in [0.2, 0.25) is 5.02 Å². The first-order valence-electron chi connectivity index (χ1n) is 6.80. The highest BCUT2D eigenvalue weighted by atomic mass is 35.5. The second kappa shape index (κ2) is 5.44. The van der Waals surface area contributed by atoms with Gasteiger partial charge in [0.1, 0.15) is 5.78 Å². The largest absolute Gasteiger partial charge is 0.489 e. The van der Waals surface area contributed by atoms with Gasteiger partial charge in [-0.05, 0) is 18.6 Å². The Balaban J connectivity index is 1.90. The third kappa shape index (κ3) is 2.52. The van der Waals surface area contributed by atoms with E-state index >= 15 is 0 Å². The van der Waals surface area contributed by atoms with Crippen LogP contribution in [0, 0.1) is 5.92 Å². The molecule has 1 heterocycles. The monoisotopic (exact) mass is 294 g/mol. The number of halogens is 1. The lowest BCUT2D eigenvalue weighted by Gasteiger charge is -2.13. The Morgan fingerprint density at radius 2 is 2.05 bits per heavy atom. The fraction of sp³-hybridized carbons (Fsp3) is 0.467. The second-order valence-corrected chi connectivity index (χ2v) is 5.59. The summed E-state index contributed by atoms with van der Waals surface area (Å²) in [4.78, 5) is 23.7. The first-order valence-corrected chi connectivity index (χ1v) is 7.18. The number of carbonyl (C=O) groups excluding carboxylic acids is 2. The van der Waals surface area contributed by atoms with Crippen molar-refractivity contribution < 1.29 is 19.1 Å². The lowest BCUT2D eigenvalue weighted by atomic mass is 9.96. The Kier molecular flexibility index (Phi) is 3.66. The maximum absolute atomic E-state index is 12.4. The van der Waals surface area contributed by atoms with E-state index in [2.05, 4.69) is 0 Å². The van der Waals surface area contributed by atoms with Crippen LogP contribution >= 0.6 is 11.6 Å². The Hall–Kier alpha value is -1.55. The third-order valence-corrected chi connectivity index (χ3v) is 3.98. The molecule has 106 valence electrons. The van der Waals surface area contributed by atoms with Gasteiger partial charge in [0, 0.05) is 30.7 Å². The molecule has 0 spiro atoms. The van der Waals surface area contributed by atoms with E-state index in [0.29, 0.717) is 54.6 Å². The molecule has 4 nitrogen and oxygen atoms in total. The molecule has 1 aliphatic heterocycles. The summed E-state index contributed by atoms with van der Waals surface area (Å²) in [6, 6.07) is 3.29. The third-order valence-electron chi connectivity index (χ3n) is 3.70. The van der Waals surface area contributed by atoms with Gasteiger partial charge < -0.3 is 9.47 Å². The zero-order chi connectivity index (χ0) is 14.1. The summed E-state index contributed by atoms with van der Waals surface area (Å²) in [7, 11) is 0. The highest BCUT2D eigenvalue weighted by Gasteiger charge is 2.30. The number of benzene rings is 1. The van der Waals surface area contributed by atoms with Gasteiger partial charge in [-0.2, -0.15) is 0 Å². The summed E-state index contributed by atoms with van der Waals surface area (Å²) in [5.74, 6) is 0.923. The van der Waals surface area contributed by atoms with Crippen molar-refractivity contribution in [3.63, 3.8) is 0 Å². The number of carbonyl (C=O) groups is 2. The van der Waals surface area contributed by atoms with E-state index in [1.54, 1.807) is 12.1 Å². The molecule has 1 unspecified atom stereocenters. The Morgan fingerprint density at radius 3 is 2.80 bits per heavy atom. The predicted octanol–water partition coefficient (Wildman–Crippen LogP) is 3.05. The number of hydrogen-bond donors (Lipinski definition) is 0. The molecule has 1 aromatic rings. The van der Waals surface area contributed by atoms with Gasteiger partial charge in [-0.25, -0.2) is 0 Å². The highest BCUT2D eigenvalue weighted by molar-refractivity contribution is 6.32. The number of fused-ring (bicyclic) bond motifs is 1. The van der Waals surface area contributed by atoms with E-state index in [-0.39, 0.29) is 17.5 Å². The first kappa shape index (κ1) is 13.4. The van der Waals surface area contributed by atoms with Crippen molar-refractivity contribution in [2.24, 2.45) is 5.92 Å². The molecule has 0 N–H and O–H groups in total. The fourth-order valence-corrected chi connectivity index (χ4v) is 2.91. The van der Waals surface area contributed by atoms with Crippen molar-refractivity contribution in [2.75, 3.05) is 13.2 Å². The molecule has 0 radical (unpaired) electrons. The molecule has 0 saturated heterocycles.